The normalized spacial score (nSPS) is 8.45. The zero-order valence-electron chi connectivity index (χ0n) is 6.16. The molecule has 0 bridgehead atoms. The van der Waals surface area contributed by atoms with Crippen LogP contribution in [0.1, 0.15) is 15.9 Å². The number of aromatic carboxylic acids is 1. The number of benzene rings is 1. The van der Waals surface area contributed by atoms with E-state index in [1.807, 2.05) is 13.0 Å². The van der Waals surface area contributed by atoms with Gasteiger partial charge in [-0.15, -0.1) is 0 Å². The maximum absolute atomic E-state index is 10.4. The van der Waals surface area contributed by atoms with Crippen molar-refractivity contribution in [2.75, 3.05) is 0 Å². The van der Waals surface area contributed by atoms with Crippen molar-refractivity contribution in [3.05, 3.63) is 35.4 Å². The molecule has 0 saturated heterocycles. The van der Waals surface area contributed by atoms with Crippen LogP contribution in [0.5, 0.6) is 0 Å². The van der Waals surface area contributed by atoms with Gasteiger partial charge in [0.25, 0.3) is 0 Å². The summed E-state index contributed by atoms with van der Waals surface area (Å²) < 4.78 is 0. The Labute approximate surface area is 99.0 Å². The van der Waals surface area contributed by atoms with Gasteiger partial charge in [0, 0.05) is 41.7 Å². The van der Waals surface area contributed by atoms with E-state index >= 15 is 0 Å². The van der Waals surface area contributed by atoms with Crippen LogP contribution in [-0.4, -0.2) is 11.1 Å². The van der Waals surface area contributed by atoms with Crippen molar-refractivity contribution in [2.45, 2.75) is 6.92 Å². The van der Waals surface area contributed by atoms with E-state index in [-0.39, 0.29) is 41.7 Å². The first-order valence-electron chi connectivity index (χ1n) is 3.00. The minimum Gasteiger partial charge on any atom is -0.478 e. The zero-order valence-corrected chi connectivity index (χ0v) is 9.30. The Balaban J connectivity index is 0.000001000. The van der Waals surface area contributed by atoms with Gasteiger partial charge in [-0.25, -0.2) is 4.79 Å². The van der Waals surface area contributed by atoms with Gasteiger partial charge < -0.3 is 5.11 Å². The molecule has 0 amide bonds. The van der Waals surface area contributed by atoms with Crippen molar-refractivity contribution in [3.63, 3.8) is 0 Å². The van der Waals surface area contributed by atoms with Crippen LogP contribution in [0.3, 0.4) is 0 Å². The van der Waals surface area contributed by atoms with Crippen LogP contribution in [0.2, 0.25) is 0 Å². The number of carboxylic acids is 1. The van der Waals surface area contributed by atoms with Crippen LogP contribution in [0, 0.1) is 48.7 Å². The molecule has 0 aromatic heterocycles. The van der Waals surface area contributed by atoms with E-state index in [0.717, 1.165) is 5.56 Å². The maximum atomic E-state index is 10.4. The Bertz CT molecular complexity index is 258. The SMILES string of the molecule is Cc1cccc(C(=O)O)c1.[Ce]. The fourth-order valence-corrected chi connectivity index (χ4v) is 0.778. The number of carboxylic acid groups (broad SMARTS) is 1. The van der Waals surface area contributed by atoms with Crippen LogP contribution in [0.15, 0.2) is 24.3 Å². The molecule has 0 spiro atoms. The summed E-state index contributed by atoms with van der Waals surface area (Å²) in [6.07, 6.45) is 0. The van der Waals surface area contributed by atoms with E-state index in [1.165, 1.54) is 0 Å². The summed E-state index contributed by atoms with van der Waals surface area (Å²) in [7, 11) is 0. The van der Waals surface area contributed by atoms with Gasteiger partial charge in [0.15, 0.2) is 0 Å². The molecule has 2 nitrogen and oxygen atoms in total. The molecule has 0 fully saturated rings. The van der Waals surface area contributed by atoms with Crippen LogP contribution in [-0.2, 0) is 0 Å². The van der Waals surface area contributed by atoms with Gasteiger partial charge in [-0.05, 0) is 19.1 Å². The fraction of sp³-hybridized carbons (Fsp3) is 0.125. The zero-order chi connectivity index (χ0) is 7.56. The number of aryl methyl sites for hydroxylation is 1. The molecule has 3 heteroatoms. The van der Waals surface area contributed by atoms with Gasteiger partial charge in [0.1, 0.15) is 0 Å². The number of hydrogen-bond donors (Lipinski definition) is 1. The summed E-state index contributed by atoms with van der Waals surface area (Å²) in [5, 5.41) is 8.51. The second kappa shape index (κ2) is 4.85. The average Bonchev–Trinajstić information content (AvgIpc) is 1.88. The van der Waals surface area contributed by atoms with Crippen LogP contribution in [0.25, 0.3) is 0 Å². The van der Waals surface area contributed by atoms with Gasteiger partial charge >= 0.3 is 5.97 Å². The van der Waals surface area contributed by atoms with Gasteiger partial charge in [0.2, 0.25) is 0 Å². The molecule has 0 aliphatic heterocycles. The van der Waals surface area contributed by atoms with Crippen molar-refractivity contribution in [2.24, 2.45) is 0 Å². The third-order valence-corrected chi connectivity index (χ3v) is 1.27. The molecule has 0 heterocycles. The van der Waals surface area contributed by atoms with E-state index in [0.29, 0.717) is 5.56 Å². The molecule has 0 atom stereocenters. The van der Waals surface area contributed by atoms with E-state index < -0.39 is 5.97 Å². The Morgan fingerprint density at radius 1 is 1.45 bits per heavy atom. The molecule has 0 aliphatic carbocycles. The van der Waals surface area contributed by atoms with Crippen molar-refractivity contribution in [1.82, 2.24) is 0 Å². The predicted octanol–water partition coefficient (Wildman–Crippen LogP) is 1.69. The van der Waals surface area contributed by atoms with Crippen molar-refractivity contribution >= 4 is 5.97 Å². The monoisotopic (exact) mass is 276 g/mol. The average molecular weight is 276 g/mol. The van der Waals surface area contributed by atoms with Gasteiger partial charge in [0.05, 0.1) is 5.56 Å². The largest absolute Gasteiger partial charge is 0.478 e. The number of hydrogen-bond acceptors (Lipinski definition) is 1. The smallest absolute Gasteiger partial charge is 0.335 e. The van der Waals surface area contributed by atoms with Gasteiger partial charge in [-0.1, -0.05) is 17.7 Å². The first-order chi connectivity index (χ1) is 4.70. The van der Waals surface area contributed by atoms with Crippen molar-refractivity contribution < 1.29 is 51.6 Å². The topological polar surface area (TPSA) is 37.3 Å². The number of rotatable bonds is 1. The molecule has 1 rings (SSSR count). The third-order valence-electron chi connectivity index (χ3n) is 1.27. The Hall–Kier alpha value is 0.0666. The van der Waals surface area contributed by atoms with E-state index in [1.54, 1.807) is 18.2 Å². The maximum Gasteiger partial charge on any atom is 0.335 e. The second-order valence-corrected chi connectivity index (χ2v) is 2.17. The molecule has 56 valence electrons. The first-order valence-corrected chi connectivity index (χ1v) is 3.00. The first kappa shape index (κ1) is 11.1. The Morgan fingerprint density at radius 2 is 2.09 bits per heavy atom. The minimum atomic E-state index is -0.872. The molecule has 0 radical (unpaired) electrons. The van der Waals surface area contributed by atoms with Crippen LogP contribution >= 0.6 is 0 Å². The standard InChI is InChI=1S/C8H8O2.Ce/c1-6-3-2-4-7(5-6)8(9)10;/h2-5H,1H3,(H,9,10);. The van der Waals surface area contributed by atoms with Gasteiger partial charge in [-0.3, -0.25) is 0 Å². The molecular formula is C8H8CeO2. The third kappa shape index (κ3) is 3.31. The van der Waals surface area contributed by atoms with E-state index in [2.05, 4.69) is 0 Å². The summed E-state index contributed by atoms with van der Waals surface area (Å²) in [5.74, 6) is -0.872. The molecule has 1 aromatic carbocycles. The van der Waals surface area contributed by atoms with E-state index in [4.69, 9.17) is 5.11 Å². The molecule has 0 aliphatic rings. The molecule has 1 N–H and O–H groups in total. The summed E-state index contributed by atoms with van der Waals surface area (Å²) >= 11 is 0. The Morgan fingerprint density at radius 3 is 2.45 bits per heavy atom. The predicted molar refractivity (Wildman–Crippen MR) is 38.1 cm³/mol. The molecule has 0 saturated carbocycles. The van der Waals surface area contributed by atoms with Gasteiger partial charge in [-0.2, -0.15) is 0 Å². The number of carbonyl (C=O) groups is 1. The fourth-order valence-electron chi connectivity index (χ4n) is 0.778. The molecule has 0 unspecified atom stereocenters. The molecule has 11 heavy (non-hydrogen) atoms. The molecular weight excluding hydrogens is 268 g/mol. The quantitative estimate of drug-likeness (QED) is 0.847. The van der Waals surface area contributed by atoms with Crippen LogP contribution in [0.4, 0.5) is 0 Å². The summed E-state index contributed by atoms with van der Waals surface area (Å²) in [6.45, 7) is 1.87. The van der Waals surface area contributed by atoms with E-state index in [9.17, 15) is 4.79 Å². The summed E-state index contributed by atoms with van der Waals surface area (Å²) in [5.41, 5.74) is 1.32. The van der Waals surface area contributed by atoms with Crippen molar-refractivity contribution in [3.8, 4) is 0 Å². The summed E-state index contributed by atoms with van der Waals surface area (Å²) in [6, 6.07) is 6.82. The molecule has 1 aromatic rings. The minimum absolute atomic E-state index is 0. The second-order valence-electron chi connectivity index (χ2n) is 2.17. The summed E-state index contributed by atoms with van der Waals surface area (Å²) in [4.78, 5) is 10.4. The van der Waals surface area contributed by atoms with Crippen molar-refractivity contribution in [1.29, 1.82) is 0 Å². The van der Waals surface area contributed by atoms with Crippen LogP contribution < -0.4 is 0 Å². The Kier molecular flexibility index (Phi) is 4.88.